The lowest BCUT2D eigenvalue weighted by molar-refractivity contribution is -0.128. The average molecular weight is 555 g/mol. The number of hydrogen-bond donors (Lipinski definition) is 2. The Hall–Kier alpha value is -3.23. The molecule has 0 aliphatic rings. The molecule has 0 aliphatic heterocycles. The number of amides is 2. The Balaban J connectivity index is 1.59. The topological polar surface area (TPSA) is 70.7 Å². The van der Waals surface area contributed by atoms with Crippen LogP contribution in [0.25, 0.3) is 0 Å². The van der Waals surface area contributed by atoms with Crippen LogP contribution >= 0.6 is 28.1 Å². The summed E-state index contributed by atoms with van der Waals surface area (Å²) >= 11 is 8.79. The van der Waals surface area contributed by atoms with Gasteiger partial charge in [0.1, 0.15) is 5.75 Å². The molecule has 0 atom stereocenters. The lowest BCUT2D eigenvalue weighted by Gasteiger charge is -2.14. The number of anilines is 1. The fourth-order valence-corrected chi connectivity index (χ4v) is 3.91. The molecule has 3 rings (SSSR count). The van der Waals surface area contributed by atoms with Gasteiger partial charge in [-0.25, -0.2) is 0 Å². The van der Waals surface area contributed by atoms with Crippen molar-refractivity contribution in [2.75, 3.05) is 26.0 Å². The first-order chi connectivity index (χ1) is 16.8. The molecule has 0 saturated heterocycles. The molecule has 0 radical (unpaired) electrons. The van der Waals surface area contributed by atoms with Gasteiger partial charge in [-0.2, -0.15) is 0 Å². The standard InChI is InChI=1S/C27H28BrN3O3S/c1-31(2)25(32)14-11-20-9-6-10-22(17-20)29-27(35)30-26(33)23-18-21(28)12-13-24(23)34-16-15-19-7-4-3-5-8-19/h3-10,12-13,17-18H,11,14-16H2,1-2H3,(H2,29,30,33,35). The van der Waals surface area contributed by atoms with E-state index in [1.807, 2.05) is 60.7 Å². The highest BCUT2D eigenvalue weighted by molar-refractivity contribution is 9.10. The molecule has 8 heteroatoms. The molecule has 35 heavy (non-hydrogen) atoms. The number of aryl methyl sites for hydroxylation is 1. The van der Waals surface area contributed by atoms with Crippen LogP contribution in [0, 0.1) is 0 Å². The molecule has 0 aromatic heterocycles. The van der Waals surface area contributed by atoms with E-state index >= 15 is 0 Å². The highest BCUT2D eigenvalue weighted by Gasteiger charge is 2.15. The molecule has 0 unspecified atom stereocenters. The number of rotatable bonds is 9. The maximum atomic E-state index is 13.0. The Morgan fingerprint density at radius 1 is 0.943 bits per heavy atom. The van der Waals surface area contributed by atoms with Crippen LogP contribution in [0.3, 0.4) is 0 Å². The van der Waals surface area contributed by atoms with E-state index in [0.717, 1.165) is 27.7 Å². The second-order valence-corrected chi connectivity index (χ2v) is 9.45. The highest BCUT2D eigenvalue weighted by atomic mass is 79.9. The number of hydrogen-bond acceptors (Lipinski definition) is 4. The molecule has 0 spiro atoms. The number of thiocarbonyl (C=S) groups is 1. The Morgan fingerprint density at radius 2 is 1.69 bits per heavy atom. The summed E-state index contributed by atoms with van der Waals surface area (Å²) in [6.07, 6.45) is 1.77. The number of nitrogens with zero attached hydrogens (tertiary/aromatic N) is 1. The number of halogens is 1. The number of ether oxygens (including phenoxy) is 1. The quantitative estimate of drug-likeness (QED) is 0.355. The van der Waals surface area contributed by atoms with Gasteiger partial charge in [-0.15, -0.1) is 0 Å². The predicted molar refractivity (Wildman–Crippen MR) is 147 cm³/mol. The smallest absolute Gasteiger partial charge is 0.261 e. The summed E-state index contributed by atoms with van der Waals surface area (Å²) in [7, 11) is 3.49. The van der Waals surface area contributed by atoms with Crippen LogP contribution in [0.1, 0.15) is 27.9 Å². The number of nitrogens with one attached hydrogen (secondary N) is 2. The first kappa shape index (κ1) is 26.4. The normalized spacial score (nSPS) is 10.4. The molecule has 0 bridgehead atoms. The minimum Gasteiger partial charge on any atom is -0.492 e. The van der Waals surface area contributed by atoms with Gasteiger partial charge in [0.05, 0.1) is 12.2 Å². The Bertz CT molecular complexity index is 1190. The average Bonchev–Trinajstić information content (AvgIpc) is 2.84. The van der Waals surface area contributed by atoms with E-state index in [0.29, 0.717) is 30.8 Å². The van der Waals surface area contributed by atoms with Crippen molar-refractivity contribution in [3.8, 4) is 5.75 Å². The zero-order chi connectivity index (χ0) is 25.2. The minimum absolute atomic E-state index is 0.0713. The van der Waals surface area contributed by atoms with Crippen LogP contribution < -0.4 is 15.4 Å². The minimum atomic E-state index is -0.369. The van der Waals surface area contributed by atoms with Crippen LogP contribution in [0.2, 0.25) is 0 Å². The maximum absolute atomic E-state index is 13.0. The third-order valence-electron chi connectivity index (χ3n) is 5.22. The predicted octanol–water partition coefficient (Wildman–Crippen LogP) is 5.22. The summed E-state index contributed by atoms with van der Waals surface area (Å²) in [6, 6.07) is 22.9. The van der Waals surface area contributed by atoms with Crippen LogP contribution in [-0.2, 0) is 17.6 Å². The van der Waals surface area contributed by atoms with Gasteiger partial charge in [-0.3, -0.25) is 14.9 Å². The molecule has 2 N–H and O–H groups in total. The van der Waals surface area contributed by atoms with E-state index in [1.54, 1.807) is 31.1 Å². The van der Waals surface area contributed by atoms with Crippen molar-refractivity contribution < 1.29 is 14.3 Å². The summed E-state index contributed by atoms with van der Waals surface area (Å²) in [5, 5.41) is 5.94. The Kier molecular flexibility index (Phi) is 9.81. The van der Waals surface area contributed by atoms with Gasteiger partial charge in [0, 0.05) is 37.1 Å². The molecular weight excluding hydrogens is 526 g/mol. The Morgan fingerprint density at radius 3 is 2.43 bits per heavy atom. The van der Waals surface area contributed by atoms with E-state index < -0.39 is 0 Å². The van der Waals surface area contributed by atoms with Crippen LogP contribution in [0.5, 0.6) is 5.75 Å². The summed E-state index contributed by atoms with van der Waals surface area (Å²) in [6.45, 7) is 0.442. The van der Waals surface area contributed by atoms with E-state index in [1.165, 1.54) is 0 Å². The monoisotopic (exact) mass is 553 g/mol. The van der Waals surface area contributed by atoms with Gasteiger partial charge in [0.25, 0.3) is 5.91 Å². The van der Waals surface area contributed by atoms with Gasteiger partial charge in [-0.05, 0) is 60.1 Å². The molecule has 0 heterocycles. The van der Waals surface area contributed by atoms with Gasteiger partial charge in [0.2, 0.25) is 5.91 Å². The molecule has 3 aromatic carbocycles. The van der Waals surface area contributed by atoms with Crippen LogP contribution in [0.4, 0.5) is 5.69 Å². The zero-order valence-electron chi connectivity index (χ0n) is 19.7. The summed E-state index contributed by atoms with van der Waals surface area (Å²) in [5.41, 5.74) is 3.28. The molecule has 182 valence electrons. The van der Waals surface area contributed by atoms with E-state index in [4.69, 9.17) is 17.0 Å². The fourth-order valence-electron chi connectivity index (χ4n) is 3.34. The first-order valence-corrected chi connectivity index (χ1v) is 12.4. The summed E-state index contributed by atoms with van der Waals surface area (Å²) in [5.74, 6) is 0.185. The summed E-state index contributed by atoms with van der Waals surface area (Å²) in [4.78, 5) is 26.4. The van der Waals surface area contributed by atoms with Crippen molar-refractivity contribution in [3.05, 3.63) is 94.0 Å². The fraction of sp³-hybridized carbons (Fsp3) is 0.222. The number of carbonyl (C=O) groups excluding carboxylic acids is 2. The molecule has 2 amide bonds. The third kappa shape index (κ3) is 8.49. The van der Waals surface area contributed by atoms with Crippen molar-refractivity contribution in [2.45, 2.75) is 19.3 Å². The van der Waals surface area contributed by atoms with E-state index in [-0.39, 0.29) is 16.9 Å². The van der Waals surface area contributed by atoms with Crippen LogP contribution in [0.15, 0.2) is 77.3 Å². The molecular formula is C27H28BrN3O3S. The van der Waals surface area contributed by atoms with Crippen molar-refractivity contribution in [3.63, 3.8) is 0 Å². The molecule has 0 aliphatic carbocycles. The SMILES string of the molecule is CN(C)C(=O)CCc1cccc(NC(=S)NC(=O)c2cc(Br)ccc2OCCc2ccccc2)c1. The van der Waals surface area contributed by atoms with Crippen molar-refractivity contribution in [1.29, 1.82) is 0 Å². The van der Waals surface area contributed by atoms with Crippen LogP contribution in [-0.4, -0.2) is 42.5 Å². The molecule has 3 aromatic rings. The van der Waals surface area contributed by atoms with E-state index in [2.05, 4.69) is 26.6 Å². The van der Waals surface area contributed by atoms with Gasteiger partial charge in [0.15, 0.2) is 5.11 Å². The lowest BCUT2D eigenvalue weighted by atomic mass is 10.1. The van der Waals surface area contributed by atoms with Crippen molar-refractivity contribution in [2.24, 2.45) is 0 Å². The number of carbonyl (C=O) groups is 2. The number of benzene rings is 3. The third-order valence-corrected chi connectivity index (χ3v) is 5.91. The zero-order valence-corrected chi connectivity index (χ0v) is 22.1. The molecule has 6 nitrogen and oxygen atoms in total. The largest absolute Gasteiger partial charge is 0.492 e. The van der Waals surface area contributed by atoms with Crippen molar-refractivity contribution >= 4 is 50.8 Å². The van der Waals surface area contributed by atoms with E-state index in [9.17, 15) is 9.59 Å². The summed E-state index contributed by atoms with van der Waals surface area (Å²) < 4.78 is 6.68. The second kappa shape index (κ2) is 13.0. The first-order valence-electron chi connectivity index (χ1n) is 11.2. The lowest BCUT2D eigenvalue weighted by Crippen LogP contribution is -2.34. The van der Waals surface area contributed by atoms with Gasteiger partial charge in [-0.1, -0.05) is 58.4 Å². The molecule has 0 saturated carbocycles. The maximum Gasteiger partial charge on any atom is 0.261 e. The molecule has 0 fully saturated rings. The van der Waals surface area contributed by atoms with Gasteiger partial charge >= 0.3 is 0 Å². The highest BCUT2D eigenvalue weighted by Crippen LogP contribution is 2.24. The van der Waals surface area contributed by atoms with Crippen molar-refractivity contribution in [1.82, 2.24) is 10.2 Å². The Labute approximate surface area is 219 Å². The second-order valence-electron chi connectivity index (χ2n) is 8.12. The van der Waals surface area contributed by atoms with Gasteiger partial charge < -0.3 is 15.0 Å².